The third-order valence-electron chi connectivity index (χ3n) is 5.49. The number of hydrogen-bond donors (Lipinski definition) is 1. The largest absolute Gasteiger partial charge is 0.497 e. The fourth-order valence-corrected chi connectivity index (χ4v) is 5.09. The van der Waals surface area contributed by atoms with E-state index in [-0.39, 0.29) is 17.2 Å². The predicted octanol–water partition coefficient (Wildman–Crippen LogP) is 4.36. The van der Waals surface area contributed by atoms with Crippen molar-refractivity contribution in [2.45, 2.75) is 43.1 Å². The van der Waals surface area contributed by atoms with Gasteiger partial charge in [-0.2, -0.15) is 0 Å². The minimum atomic E-state index is -0.346. The zero-order chi connectivity index (χ0) is 22.5. The van der Waals surface area contributed by atoms with Gasteiger partial charge in [0.1, 0.15) is 11.0 Å². The van der Waals surface area contributed by atoms with Crippen molar-refractivity contribution in [3.8, 4) is 17.1 Å². The molecule has 4 rings (SSSR count). The lowest BCUT2D eigenvalue weighted by molar-refractivity contribution is -0.131. The van der Waals surface area contributed by atoms with Crippen molar-refractivity contribution < 1.29 is 9.53 Å². The van der Waals surface area contributed by atoms with E-state index in [9.17, 15) is 4.79 Å². The van der Waals surface area contributed by atoms with Crippen LogP contribution < -0.4 is 10.2 Å². The molecule has 0 saturated carbocycles. The fraction of sp³-hybridized carbons (Fsp3) is 0.375. The summed E-state index contributed by atoms with van der Waals surface area (Å²) >= 11 is 1.48. The van der Waals surface area contributed by atoms with Gasteiger partial charge in [-0.15, -0.1) is 10.2 Å². The van der Waals surface area contributed by atoms with E-state index in [0.29, 0.717) is 5.16 Å². The minimum Gasteiger partial charge on any atom is -0.497 e. The molecule has 8 heteroatoms. The van der Waals surface area contributed by atoms with Gasteiger partial charge in [-0.3, -0.25) is 4.79 Å². The van der Waals surface area contributed by atoms with E-state index in [1.165, 1.54) is 11.8 Å². The van der Waals surface area contributed by atoms with Gasteiger partial charge in [0.05, 0.1) is 13.2 Å². The minimum absolute atomic E-state index is 0.127. The van der Waals surface area contributed by atoms with Crippen molar-refractivity contribution in [2.75, 3.05) is 25.6 Å². The van der Waals surface area contributed by atoms with Crippen LogP contribution in [0.1, 0.15) is 38.3 Å². The van der Waals surface area contributed by atoms with Gasteiger partial charge >= 0.3 is 0 Å². The maximum atomic E-state index is 13.7. The van der Waals surface area contributed by atoms with E-state index < -0.39 is 0 Å². The van der Waals surface area contributed by atoms with Crippen molar-refractivity contribution in [3.05, 3.63) is 60.2 Å². The Balaban J connectivity index is 1.73. The van der Waals surface area contributed by atoms with Crippen molar-refractivity contribution in [2.24, 2.45) is 0 Å². The lowest BCUT2D eigenvalue weighted by Gasteiger charge is -2.36. The van der Waals surface area contributed by atoms with Crippen LogP contribution in [0, 0.1) is 0 Å². The second kappa shape index (κ2) is 10.1. The number of methoxy groups -OCH3 is 1. The summed E-state index contributed by atoms with van der Waals surface area (Å²) in [5.41, 5.74) is 5.54. The molecular formula is C24H29N5O2S. The first-order chi connectivity index (χ1) is 15.7. The molecule has 1 aromatic heterocycles. The monoisotopic (exact) mass is 451 g/mol. The quantitative estimate of drug-likeness (QED) is 0.549. The normalized spacial score (nSPS) is 17.3. The van der Waals surface area contributed by atoms with E-state index >= 15 is 0 Å². The number of nitrogens with zero attached hydrogens (tertiary/aromatic N) is 4. The Morgan fingerprint density at radius 1 is 1.06 bits per heavy atom. The molecule has 2 aromatic carbocycles. The maximum Gasteiger partial charge on any atom is 0.238 e. The van der Waals surface area contributed by atoms with Gasteiger partial charge in [-0.1, -0.05) is 68.1 Å². The Morgan fingerprint density at radius 2 is 1.75 bits per heavy atom. The van der Waals surface area contributed by atoms with Crippen LogP contribution in [0.3, 0.4) is 0 Å². The molecule has 2 atom stereocenters. The van der Waals surface area contributed by atoms with E-state index in [4.69, 9.17) is 4.74 Å². The summed E-state index contributed by atoms with van der Waals surface area (Å²) in [6, 6.07) is 17.6. The number of nitrogens with one attached hydrogen (secondary N) is 1. The molecule has 1 amide bonds. The molecule has 0 unspecified atom stereocenters. The number of fused-ring (bicyclic) bond motifs is 1. The number of thioether (sulfide) groups is 1. The van der Waals surface area contributed by atoms with Gasteiger partial charge in [0, 0.05) is 18.7 Å². The number of carbonyl (C=O) groups is 1. The van der Waals surface area contributed by atoms with Gasteiger partial charge in [-0.05, 0) is 30.5 Å². The number of amides is 1. The van der Waals surface area contributed by atoms with Crippen LogP contribution in [0.2, 0.25) is 0 Å². The van der Waals surface area contributed by atoms with Crippen LogP contribution in [0.4, 0.5) is 0 Å². The zero-order valence-electron chi connectivity index (χ0n) is 18.7. The molecule has 0 radical (unpaired) electrons. The second-order valence-electron chi connectivity index (χ2n) is 7.75. The number of carbonyl (C=O) groups excluding carboxylic acids is 1. The van der Waals surface area contributed by atoms with Crippen molar-refractivity contribution in [3.63, 3.8) is 0 Å². The zero-order valence-corrected chi connectivity index (χ0v) is 19.5. The first kappa shape index (κ1) is 22.2. The molecule has 7 nitrogen and oxygen atoms in total. The summed E-state index contributed by atoms with van der Waals surface area (Å²) in [6.07, 6.45) is 1.86. The van der Waals surface area contributed by atoms with Gasteiger partial charge < -0.3 is 15.1 Å². The highest BCUT2D eigenvalue weighted by Crippen LogP contribution is 2.39. The topological polar surface area (TPSA) is 72.3 Å². The highest BCUT2D eigenvalue weighted by molar-refractivity contribution is 8.00. The molecule has 2 heterocycles. The Kier molecular flexibility index (Phi) is 6.99. The molecular weight excluding hydrogens is 422 g/mol. The Hall–Kier alpha value is -3.00. The third-order valence-corrected chi connectivity index (χ3v) is 6.69. The molecule has 32 heavy (non-hydrogen) atoms. The molecule has 0 spiro atoms. The number of hydrogen-bond acceptors (Lipinski definition) is 6. The first-order valence-corrected chi connectivity index (χ1v) is 11.9. The summed E-state index contributed by atoms with van der Waals surface area (Å²) < 4.78 is 7.23. The molecule has 1 aliphatic rings. The van der Waals surface area contributed by atoms with Gasteiger partial charge in [0.15, 0.2) is 5.82 Å². The number of aromatic nitrogens is 3. The summed E-state index contributed by atoms with van der Waals surface area (Å²) in [6.45, 7) is 5.71. The second-order valence-corrected chi connectivity index (χ2v) is 8.86. The average Bonchev–Trinajstić information content (AvgIpc) is 3.26. The van der Waals surface area contributed by atoms with E-state index in [0.717, 1.165) is 48.6 Å². The number of rotatable bonds is 8. The highest BCUT2D eigenvalue weighted by atomic mass is 32.2. The predicted molar refractivity (Wildman–Crippen MR) is 127 cm³/mol. The molecule has 1 N–H and O–H groups in total. The highest BCUT2D eigenvalue weighted by Gasteiger charge is 2.39. The van der Waals surface area contributed by atoms with Crippen LogP contribution in [0.5, 0.6) is 5.75 Å². The van der Waals surface area contributed by atoms with Gasteiger partial charge in [0.2, 0.25) is 11.1 Å². The average molecular weight is 452 g/mol. The number of ether oxygens (including phenoxy) is 1. The van der Waals surface area contributed by atoms with E-state index in [2.05, 4.69) is 29.5 Å². The molecule has 0 aliphatic carbocycles. The summed E-state index contributed by atoms with van der Waals surface area (Å²) in [5.74, 6) is 1.65. The van der Waals surface area contributed by atoms with Gasteiger partial charge in [0.25, 0.3) is 0 Å². The molecule has 168 valence electrons. The van der Waals surface area contributed by atoms with Crippen LogP contribution in [0.25, 0.3) is 11.4 Å². The standard InChI is InChI=1S/C24H29N5O2S/c1-4-15-28(16-5-2)23(30)21-20(17-11-13-19(31-3)14-12-17)27-29-22(25-26-24(29)32-21)18-9-7-6-8-10-18/h6-14,20-21,27H,4-5,15-16H2,1-3H3/t20-,21+/m0/s1. The summed E-state index contributed by atoms with van der Waals surface area (Å²) in [5, 5.41) is 9.16. The first-order valence-electron chi connectivity index (χ1n) is 11.0. The van der Waals surface area contributed by atoms with Crippen LogP contribution in [-0.4, -0.2) is 51.1 Å². The third kappa shape index (κ3) is 4.46. The van der Waals surface area contributed by atoms with E-state index in [1.54, 1.807) is 7.11 Å². The molecule has 0 fully saturated rings. The Labute approximate surface area is 193 Å². The van der Waals surface area contributed by atoms with Crippen LogP contribution in [-0.2, 0) is 4.79 Å². The Bertz CT molecular complexity index is 1030. The van der Waals surface area contributed by atoms with E-state index in [1.807, 2.05) is 64.2 Å². The SMILES string of the molecule is CCCN(CCC)C(=O)[C@@H]1Sc2nnc(-c3ccccc3)n2N[C@H]1c1ccc(OC)cc1. The van der Waals surface area contributed by atoms with Gasteiger partial charge in [-0.25, -0.2) is 4.68 Å². The summed E-state index contributed by atoms with van der Waals surface area (Å²) in [7, 11) is 1.65. The smallest absolute Gasteiger partial charge is 0.238 e. The van der Waals surface area contributed by atoms with Crippen molar-refractivity contribution in [1.29, 1.82) is 0 Å². The van der Waals surface area contributed by atoms with Crippen molar-refractivity contribution in [1.82, 2.24) is 19.8 Å². The van der Waals surface area contributed by atoms with Crippen LogP contribution in [0.15, 0.2) is 59.8 Å². The number of benzene rings is 2. The molecule has 0 saturated heterocycles. The molecule has 1 aliphatic heterocycles. The lowest BCUT2D eigenvalue weighted by atomic mass is 10.0. The molecule has 3 aromatic rings. The van der Waals surface area contributed by atoms with Crippen molar-refractivity contribution >= 4 is 17.7 Å². The van der Waals surface area contributed by atoms with Crippen LogP contribution >= 0.6 is 11.8 Å². The summed E-state index contributed by atoms with van der Waals surface area (Å²) in [4.78, 5) is 15.6. The maximum absolute atomic E-state index is 13.7. The fourth-order valence-electron chi connectivity index (χ4n) is 3.93. The molecule has 0 bridgehead atoms. The Morgan fingerprint density at radius 3 is 2.38 bits per heavy atom. The lowest BCUT2D eigenvalue weighted by Crippen LogP contribution is -2.46.